The van der Waals surface area contributed by atoms with E-state index in [2.05, 4.69) is 5.32 Å². The van der Waals surface area contributed by atoms with Gasteiger partial charge < -0.3 is 10.4 Å². The Morgan fingerprint density at radius 1 is 1.00 bits per heavy atom. The number of amides is 1. The number of rotatable bonds is 5. The molecule has 0 heterocycles. The van der Waals surface area contributed by atoms with Gasteiger partial charge in [-0.25, -0.2) is 9.18 Å². The number of hydrogen-bond donors (Lipinski definition) is 2. The zero-order valence-corrected chi connectivity index (χ0v) is 12.8. The topological polar surface area (TPSA) is 49.3 Å². The molecule has 0 bridgehead atoms. The van der Waals surface area contributed by atoms with E-state index in [4.69, 9.17) is 5.11 Å². The first-order chi connectivity index (χ1) is 10.5. The molecule has 0 saturated heterocycles. The molecule has 2 aromatic rings. The Hall–Kier alpha value is -2.36. The summed E-state index contributed by atoms with van der Waals surface area (Å²) in [6.07, 6.45) is 0.323. The summed E-state index contributed by atoms with van der Waals surface area (Å²) >= 11 is 0. The van der Waals surface area contributed by atoms with Crippen molar-refractivity contribution in [3.8, 4) is 11.1 Å². The average molecular weight is 301 g/mol. The zero-order valence-electron chi connectivity index (χ0n) is 12.8. The molecule has 3 nitrogen and oxygen atoms in total. The summed E-state index contributed by atoms with van der Waals surface area (Å²) in [5.41, 5.74) is 2.26. The van der Waals surface area contributed by atoms with Gasteiger partial charge in [-0.15, -0.1) is 0 Å². The smallest absolute Gasteiger partial charge is 0.405 e. The number of hydrogen-bond acceptors (Lipinski definition) is 1. The van der Waals surface area contributed by atoms with E-state index in [1.807, 2.05) is 38.1 Å². The second kappa shape index (κ2) is 6.60. The second-order valence-corrected chi connectivity index (χ2v) is 5.30. The number of carbonyl (C=O) groups is 1. The van der Waals surface area contributed by atoms with Gasteiger partial charge in [0, 0.05) is 0 Å². The summed E-state index contributed by atoms with van der Waals surface area (Å²) in [6, 6.07) is 14.1. The van der Waals surface area contributed by atoms with E-state index in [1.54, 1.807) is 12.1 Å². The van der Waals surface area contributed by atoms with E-state index in [1.165, 1.54) is 12.1 Å². The molecule has 1 amide bonds. The lowest BCUT2D eigenvalue weighted by molar-refractivity contribution is 0.173. The predicted molar refractivity (Wildman–Crippen MR) is 85.3 cm³/mol. The van der Waals surface area contributed by atoms with Crippen LogP contribution in [0, 0.1) is 5.82 Å². The first-order valence-electron chi connectivity index (χ1n) is 7.38. The van der Waals surface area contributed by atoms with Gasteiger partial charge >= 0.3 is 6.09 Å². The molecule has 0 spiro atoms. The highest BCUT2D eigenvalue weighted by Crippen LogP contribution is 2.30. The van der Waals surface area contributed by atoms with Crippen molar-refractivity contribution >= 4 is 6.09 Å². The van der Waals surface area contributed by atoms with E-state index in [-0.39, 0.29) is 5.82 Å². The Bertz CT molecular complexity index is 631. The van der Waals surface area contributed by atoms with Crippen LogP contribution in [-0.2, 0) is 5.54 Å². The number of halogens is 1. The Morgan fingerprint density at radius 3 is 1.86 bits per heavy atom. The second-order valence-electron chi connectivity index (χ2n) is 5.30. The highest BCUT2D eigenvalue weighted by Gasteiger charge is 2.30. The monoisotopic (exact) mass is 301 g/mol. The van der Waals surface area contributed by atoms with Crippen molar-refractivity contribution in [1.29, 1.82) is 0 Å². The van der Waals surface area contributed by atoms with Crippen LogP contribution in [0.2, 0.25) is 0 Å². The Labute approximate surface area is 129 Å². The van der Waals surface area contributed by atoms with Gasteiger partial charge in [-0.1, -0.05) is 50.2 Å². The van der Waals surface area contributed by atoms with E-state index in [0.717, 1.165) is 16.7 Å². The molecule has 22 heavy (non-hydrogen) atoms. The zero-order chi connectivity index (χ0) is 16.2. The lowest BCUT2D eigenvalue weighted by atomic mass is 9.84. The van der Waals surface area contributed by atoms with Crippen LogP contribution in [0.15, 0.2) is 48.5 Å². The quantitative estimate of drug-likeness (QED) is 0.835. The average Bonchev–Trinajstić information content (AvgIpc) is 2.53. The van der Waals surface area contributed by atoms with Gasteiger partial charge in [0.15, 0.2) is 0 Å². The first-order valence-corrected chi connectivity index (χ1v) is 7.38. The van der Waals surface area contributed by atoms with Crippen LogP contribution >= 0.6 is 0 Å². The highest BCUT2D eigenvalue weighted by atomic mass is 19.1. The molecule has 0 fully saturated rings. The maximum absolute atomic E-state index is 13.0. The van der Waals surface area contributed by atoms with Crippen LogP contribution in [-0.4, -0.2) is 11.2 Å². The van der Waals surface area contributed by atoms with Crippen LogP contribution in [0.4, 0.5) is 9.18 Å². The van der Waals surface area contributed by atoms with Crippen molar-refractivity contribution in [3.63, 3.8) is 0 Å². The van der Waals surface area contributed by atoms with E-state index in [9.17, 15) is 9.18 Å². The minimum Gasteiger partial charge on any atom is -0.465 e. The van der Waals surface area contributed by atoms with Crippen LogP contribution in [0.3, 0.4) is 0 Å². The molecule has 2 aromatic carbocycles. The van der Waals surface area contributed by atoms with Crippen molar-refractivity contribution < 1.29 is 14.3 Å². The summed E-state index contributed by atoms with van der Waals surface area (Å²) in [7, 11) is 0. The van der Waals surface area contributed by atoms with Gasteiger partial charge in [-0.05, 0) is 41.7 Å². The molecule has 0 aromatic heterocycles. The largest absolute Gasteiger partial charge is 0.465 e. The van der Waals surface area contributed by atoms with Gasteiger partial charge in [0.2, 0.25) is 0 Å². The molecular weight excluding hydrogens is 281 g/mol. The van der Waals surface area contributed by atoms with E-state index < -0.39 is 11.6 Å². The van der Waals surface area contributed by atoms with Gasteiger partial charge in [-0.3, -0.25) is 0 Å². The fraction of sp³-hybridized carbons (Fsp3) is 0.278. The van der Waals surface area contributed by atoms with Crippen molar-refractivity contribution in [2.45, 2.75) is 32.2 Å². The van der Waals surface area contributed by atoms with Crippen LogP contribution in [0.25, 0.3) is 11.1 Å². The van der Waals surface area contributed by atoms with Crippen LogP contribution in [0.5, 0.6) is 0 Å². The van der Waals surface area contributed by atoms with Gasteiger partial charge in [0.1, 0.15) is 5.82 Å². The van der Waals surface area contributed by atoms with Crippen LogP contribution in [0.1, 0.15) is 32.3 Å². The molecule has 0 unspecified atom stereocenters. The van der Waals surface area contributed by atoms with E-state index >= 15 is 0 Å². The fourth-order valence-corrected chi connectivity index (χ4v) is 2.74. The molecule has 0 aliphatic rings. The molecule has 0 saturated carbocycles. The molecular formula is C18H20FNO2. The SMILES string of the molecule is CCC(CC)(NC(=O)O)c1ccc(-c2ccc(F)cc2)cc1. The maximum atomic E-state index is 13.0. The molecule has 2 N–H and O–H groups in total. The predicted octanol–water partition coefficient (Wildman–Crippen LogP) is 4.78. The summed E-state index contributed by atoms with van der Waals surface area (Å²) in [4.78, 5) is 11.1. The third-order valence-electron chi connectivity index (χ3n) is 4.17. The van der Waals surface area contributed by atoms with Crippen molar-refractivity contribution in [3.05, 3.63) is 59.9 Å². The van der Waals surface area contributed by atoms with Crippen LogP contribution < -0.4 is 5.32 Å². The summed E-state index contributed by atoms with van der Waals surface area (Å²) in [5, 5.41) is 11.7. The Kier molecular flexibility index (Phi) is 4.81. The standard InChI is InChI=1S/C18H20FNO2/c1-3-18(4-2,20-17(21)22)15-9-5-13(6-10-15)14-7-11-16(19)12-8-14/h5-12,20H,3-4H2,1-2H3,(H,21,22). The molecule has 0 aliphatic heterocycles. The molecule has 2 rings (SSSR count). The number of carboxylic acid groups (broad SMARTS) is 1. The first kappa shape index (κ1) is 16.0. The van der Waals surface area contributed by atoms with Gasteiger partial charge in [0.05, 0.1) is 5.54 Å². The lowest BCUT2D eigenvalue weighted by Crippen LogP contribution is -2.44. The Morgan fingerprint density at radius 2 is 1.45 bits per heavy atom. The minimum absolute atomic E-state index is 0.262. The van der Waals surface area contributed by atoms with E-state index in [0.29, 0.717) is 12.8 Å². The molecule has 4 heteroatoms. The maximum Gasteiger partial charge on any atom is 0.405 e. The molecule has 116 valence electrons. The van der Waals surface area contributed by atoms with Crippen molar-refractivity contribution in [2.75, 3.05) is 0 Å². The third-order valence-corrected chi connectivity index (χ3v) is 4.17. The number of nitrogens with one attached hydrogen (secondary N) is 1. The minimum atomic E-state index is -1.02. The summed E-state index contributed by atoms with van der Waals surface area (Å²) in [6.45, 7) is 3.93. The molecule has 0 radical (unpaired) electrons. The molecule has 0 aliphatic carbocycles. The van der Waals surface area contributed by atoms with Gasteiger partial charge in [0.25, 0.3) is 0 Å². The summed E-state index contributed by atoms with van der Waals surface area (Å²) in [5.74, 6) is -0.262. The number of benzene rings is 2. The summed E-state index contributed by atoms with van der Waals surface area (Å²) < 4.78 is 13.0. The van der Waals surface area contributed by atoms with Crippen molar-refractivity contribution in [1.82, 2.24) is 5.32 Å². The fourth-order valence-electron chi connectivity index (χ4n) is 2.74. The lowest BCUT2D eigenvalue weighted by Gasteiger charge is -2.32. The normalized spacial score (nSPS) is 11.2. The third kappa shape index (κ3) is 3.27. The van der Waals surface area contributed by atoms with Crippen molar-refractivity contribution in [2.24, 2.45) is 0 Å². The molecule has 0 atom stereocenters. The Balaban J connectivity index is 2.33. The van der Waals surface area contributed by atoms with Gasteiger partial charge in [-0.2, -0.15) is 0 Å². The highest BCUT2D eigenvalue weighted by molar-refractivity contribution is 5.67.